The summed E-state index contributed by atoms with van der Waals surface area (Å²) in [6, 6.07) is 21.8. The molecule has 3 aromatic carbocycles. The molecule has 0 amide bonds. The van der Waals surface area contributed by atoms with E-state index in [0.717, 1.165) is 53.5 Å². The first-order valence-corrected chi connectivity index (χ1v) is 17.7. The third kappa shape index (κ3) is 7.31. The molecular formula is C37H34Cl2N4O6S. The highest BCUT2D eigenvalue weighted by molar-refractivity contribution is 7.14. The Hall–Kier alpha value is -4.58. The van der Waals surface area contributed by atoms with Crippen molar-refractivity contribution in [1.82, 2.24) is 19.7 Å². The number of benzene rings is 3. The van der Waals surface area contributed by atoms with Crippen LogP contribution >= 0.6 is 34.5 Å². The Labute approximate surface area is 302 Å². The molecule has 50 heavy (non-hydrogen) atoms. The van der Waals surface area contributed by atoms with E-state index < -0.39 is 40.8 Å². The molecular weight excluding hydrogens is 699 g/mol. The molecule has 13 heteroatoms. The summed E-state index contributed by atoms with van der Waals surface area (Å²) in [5.41, 5.74) is 0.382. The molecule has 2 unspecified atom stereocenters. The van der Waals surface area contributed by atoms with Crippen LogP contribution in [0.1, 0.15) is 78.2 Å². The van der Waals surface area contributed by atoms with Crippen LogP contribution < -0.4 is 11.2 Å². The highest BCUT2D eigenvalue weighted by Crippen LogP contribution is 2.45. The minimum atomic E-state index is -1.16. The normalized spacial score (nSPS) is 14.7. The van der Waals surface area contributed by atoms with E-state index in [1.54, 1.807) is 0 Å². The van der Waals surface area contributed by atoms with E-state index in [-0.39, 0.29) is 26.5 Å². The van der Waals surface area contributed by atoms with E-state index in [9.17, 15) is 19.2 Å². The van der Waals surface area contributed by atoms with Gasteiger partial charge in [-0.1, -0.05) is 96.7 Å². The number of hydrogen-bond donors (Lipinski definition) is 1. The van der Waals surface area contributed by atoms with Gasteiger partial charge in [-0.2, -0.15) is 9.78 Å². The van der Waals surface area contributed by atoms with Crippen LogP contribution in [0.2, 0.25) is 10.0 Å². The van der Waals surface area contributed by atoms with Crippen molar-refractivity contribution < 1.29 is 19.1 Å². The van der Waals surface area contributed by atoms with E-state index in [2.05, 4.69) is 10.1 Å². The van der Waals surface area contributed by atoms with Crippen LogP contribution in [-0.2, 0) is 19.7 Å². The average molecular weight is 734 g/mol. The van der Waals surface area contributed by atoms with Gasteiger partial charge in [-0.05, 0) is 50.3 Å². The number of hydrogen-bond acceptors (Lipinski definition) is 9. The number of halogens is 2. The summed E-state index contributed by atoms with van der Waals surface area (Å²) < 4.78 is 12.5. The average Bonchev–Trinajstić information content (AvgIpc) is 3.77. The molecule has 1 aliphatic rings. The van der Waals surface area contributed by atoms with Crippen LogP contribution in [0.5, 0.6) is 0 Å². The second-order valence-corrected chi connectivity index (χ2v) is 14.5. The summed E-state index contributed by atoms with van der Waals surface area (Å²) >= 11 is 14.7. The zero-order chi connectivity index (χ0) is 35.6. The van der Waals surface area contributed by atoms with Crippen LogP contribution in [0.3, 0.4) is 0 Å². The summed E-state index contributed by atoms with van der Waals surface area (Å²) in [6.07, 6.45) is 3.80. The molecule has 2 heterocycles. The van der Waals surface area contributed by atoms with Gasteiger partial charge in [-0.3, -0.25) is 14.6 Å². The van der Waals surface area contributed by atoms with Gasteiger partial charge in [0.15, 0.2) is 0 Å². The second kappa shape index (κ2) is 14.7. The van der Waals surface area contributed by atoms with Gasteiger partial charge >= 0.3 is 17.6 Å². The Morgan fingerprint density at radius 3 is 2.20 bits per heavy atom. The molecule has 0 radical (unpaired) electrons. The van der Waals surface area contributed by atoms with Gasteiger partial charge in [0.2, 0.25) is 6.29 Å². The Morgan fingerprint density at radius 2 is 1.58 bits per heavy atom. The number of thiazole rings is 1. The third-order valence-corrected chi connectivity index (χ3v) is 10.8. The molecule has 1 aliphatic carbocycles. The Bertz CT molecular complexity index is 2120. The Kier molecular flexibility index (Phi) is 10.4. The fraction of sp³-hybridized carbons (Fsp3) is 0.297. The number of aromatic nitrogens is 4. The lowest BCUT2D eigenvalue weighted by atomic mass is 9.85. The van der Waals surface area contributed by atoms with Crippen molar-refractivity contribution in [2.24, 2.45) is 5.92 Å². The highest BCUT2D eigenvalue weighted by Gasteiger charge is 2.37. The van der Waals surface area contributed by atoms with Gasteiger partial charge in [0, 0.05) is 33.5 Å². The SMILES string of the molecule is CC(OC(=O)c1sc(C(C)(C)c2c(Cl)cc(-n3ncc(=O)[nH]c3=O)cc2Cl)nc1-c1ccccc1)OC(=O)C(c1ccccc1)C1CCCC1. The van der Waals surface area contributed by atoms with E-state index >= 15 is 0 Å². The van der Waals surface area contributed by atoms with Gasteiger partial charge in [0.1, 0.15) is 16.1 Å². The lowest BCUT2D eigenvalue weighted by Crippen LogP contribution is -2.30. The van der Waals surface area contributed by atoms with E-state index in [1.165, 1.54) is 19.1 Å². The summed E-state index contributed by atoms with van der Waals surface area (Å²) in [5, 5.41) is 4.83. The minimum absolute atomic E-state index is 0.158. The first-order valence-electron chi connectivity index (χ1n) is 16.2. The number of carbonyl (C=O) groups excluding carboxylic acids is 2. The number of carbonyl (C=O) groups is 2. The molecule has 1 saturated carbocycles. The molecule has 2 atom stereocenters. The zero-order valence-corrected chi connectivity index (χ0v) is 29.8. The summed E-state index contributed by atoms with van der Waals surface area (Å²) in [4.78, 5) is 58.6. The van der Waals surface area contributed by atoms with Crippen molar-refractivity contribution in [3.63, 3.8) is 0 Å². The smallest absolute Gasteiger partial charge is 0.353 e. The summed E-state index contributed by atoms with van der Waals surface area (Å²) in [7, 11) is 0. The number of nitrogens with one attached hydrogen (secondary N) is 1. The van der Waals surface area contributed by atoms with Gasteiger partial charge in [-0.15, -0.1) is 11.3 Å². The summed E-state index contributed by atoms with van der Waals surface area (Å²) in [6.45, 7) is 5.26. The number of esters is 2. The first-order chi connectivity index (χ1) is 23.9. The zero-order valence-electron chi connectivity index (χ0n) is 27.5. The Morgan fingerprint density at radius 1 is 0.960 bits per heavy atom. The monoisotopic (exact) mass is 732 g/mol. The fourth-order valence-corrected chi connectivity index (χ4v) is 8.48. The molecule has 1 N–H and O–H groups in total. The standard InChI is InChI=1S/C37H34Cl2N4O6S/c1-21(48-33(45)29(23-14-10-11-15-23)22-12-6-4-7-13-22)49-34(46)32-31(24-16-8-5-9-17-24)42-35(50-32)37(2,3)30-26(38)18-25(19-27(30)39)43-36(47)41-28(44)20-40-43/h4-9,12-13,16-21,23,29H,10-11,14-15H2,1-3H3,(H,41,44,47). The van der Waals surface area contributed by atoms with Crippen LogP contribution in [0, 0.1) is 5.92 Å². The van der Waals surface area contributed by atoms with Crippen molar-refractivity contribution >= 4 is 46.5 Å². The van der Waals surface area contributed by atoms with Crippen molar-refractivity contribution in [2.45, 2.75) is 64.1 Å². The van der Waals surface area contributed by atoms with Crippen LogP contribution in [-0.4, -0.2) is 38.0 Å². The second-order valence-electron chi connectivity index (χ2n) is 12.7. The number of aromatic amines is 1. The van der Waals surface area contributed by atoms with E-state index in [1.807, 2.05) is 74.5 Å². The van der Waals surface area contributed by atoms with Crippen LogP contribution in [0.15, 0.2) is 88.6 Å². The number of H-pyrrole nitrogens is 1. The topological polar surface area (TPSA) is 133 Å². The maximum atomic E-state index is 13.8. The van der Waals surface area contributed by atoms with Crippen molar-refractivity contribution in [3.05, 3.63) is 131 Å². The van der Waals surface area contributed by atoms with Gasteiger partial charge in [-0.25, -0.2) is 14.6 Å². The minimum Gasteiger partial charge on any atom is -0.425 e. The lowest BCUT2D eigenvalue weighted by molar-refractivity contribution is -0.168. The molecule has 0 bridgehead atoms. The maximum Gasteiger partial charge on any atom is 0.353 e. The molecule has 10 nitrogen and oxygen atoms in total. The molecule has 2 aromatic heterocycles. The predicted octanol–water partition coefficient (Wildman–Crippen LogP) is 7.70. The van der Waals surface area contributed by atoms with Gasteiger partial charge in [0.05, 0.1) is 17.3 Å². The summed E-state index contributed by atoms with van der Waals surface area (Å²) in [5.74, 6) is -1.41. The molecule has 258 valence electrons. The lowest BCUT2D eigenvalue weighted by Gasteiger charge is -2.26. The third-order valence-electron chi connectivity index (χ3n) is 8.84. The largest absolute Gasteiger partial charge is 0.425 e. The number of nitrogens with zero attached hydrogens (tertiary/aromatic N) is 3. The fourth-order valence-electron chi connectivity index (χ4n) is 6.46. The first kappa shape index (κ1) is 35.3. The molecule has 0 saturated heterocycles. The molecule has 0 aliphatic heterocycles. The quantitative estimate of drug-likeness (QED) is 0.114. The molecule has 6 rings (SSSR count). The molecule has 0 spiro atoms. The molecule has 1 fully saturated rings. The van der Waals surface area contributed by atoms with Crippen molar-refractivity contribution in [1.29, 1.82) is 0 Å². The van der Waals surface area contributed by atoms with Crippen LogP contribution in [0.25, 0.3) is 16.9 Å². The number of ether oxygens (including phenoxy) is 2. The van der Waals surface area contributed by atoms with Crippen molar-refractivity contribution in [3.8, 4) is 16.9 Å². The predicted molar refractivity (Wildman–Crippen MR) is 192 cm³/mol. The Balaban J connectivity index is 1.29. The van der Waals surface area contributed by atoms with Crippen LogP contribution in [0.4, 0.5) is 0 Å². The van der Waals surface area contributed by atoms with Crippen molar-refractivity contribution in [2.75, 3.05) is 0 Å². The molecule has 5 aromatic rings. The van der Waals surface area contributed by atoms with E-state index in [4.69, 9.17) is 37.7 Å². The van der Waals surface area contributed by atoms with E-state index in [0.29, 0.717) is 21.8 Å². The highest BCUT2D eigenvalue weighted by atomic mass is 35.5. The van der Waals surface area contributed by atoms with Gasteiger partial charge in [0.25, 0.3) is 5.56 Å². The maximum absolute atomic E-state index is 13.8. The number of rotatable bonds is 10. The van der Waals surface area contributed by atoms with Gasteiger partial charge < -0.3 is 9.47 Å².